The Kier molecular flexibility index (Phi) is 9.38. The molecule has 0 saturated heterocycles. The van der Waals surface area contributed by atoms with E-state index < -0.39 is 76.6 Å². The van der Waals surface area contributed by atoms with E-state index in [4.69, 9.17) is 9.47 Å². The molecule has 252 valence electrons. The zero-order valence-corrected chi connectivity index (χ0v) is 27.5. The van der Waals surface area contributed by atoms with E-state index in [9.17, 15) is 37.2 Å². The Bertz CT molecular complexity index is 2340. The number of nitrogens with zero attached hydrogens (tertiary/aromatic N) is 1. The van der Waals surface area contributed by atoms with E-state index >= 15 is 0 Å². The van der Waals surface area contributed by atoms with Crippen molar-refractivity contribution in [1.82, 2.24) is 4.90 Å². The van der Waals surface area contributed by atoms with Gasteiger partial charge in [-0.3, -0.25) is 24.1 Å². The molecule has 0 fully saturated rings. The maximum absolute atomic E-state index is 13.6. The number of fused-ring (bicyclic) bond motifs is 3. The Morgan fingerprint density at radius 2 is 1.18 bits per heavy atom. The van der Waals surface area contributed by atoms with Crippen molar-refractivity contribution in [3.63, 3.8) is 0 Å². The Balaban J connectivity index is 1.18. The van der Waals surface area contributed by atoms with Gasteiger partial charge in [0.2, 0.25) is 11.6 Å². The number of ether oxygens (including phenoxy) is 2. The van der Waals surface area contributed by atoms with E-state index in [1.807, 2.05) is 36.4 Å². The van der Waals surface area contributed by atoms with Gasteiger partial charge in [0, 0.05) is 17.4 Å². The molecular weight excluding hydrogens is 662 g/mol. The van der Waals surface area contributed by atoms with Crippen LogP contribution in [0.4, 0.5) is 0 Å². The quantitative estimate of drug-likeness (QED) is 0.101. The number of amides is 2. The molecule has 11 nitrogen and oxygen atoms in total. The molecule has 0 unspecified atom stereocenters. The fraction of sp³-hybridized carbons (Fsp3) is 0.158. The molecule has 0 saturated carbocycles. The molecule has 0 spiro atoms. The lowest BCUT2D eigenvalue weighted by atomic mass is 10.0. The Morgan fingerprint density at radius 3 is 1.76 bits per heavy atom. The molecule has 1 heterocycles. The molecule has 0 aromatic heterocycles. The van der Waals surface area contributed by atoms with E-state index in [1.165, 1.54) is 12.1 Å². The van der Waals surface area contributed by atoms with Crippen LogP contribution in [-0.4, -0.2) is 79.9 Å². The third-order valence-electron chi connectivity index (χ3n) is 8.36. The number of Topliss-reactive ketones (excluding diaryl/α,β-unsaturated/α-hetero) is 2. The monoisotopic (exact) mass is 691 g/mol. The predicted molar refractivity (Wildman–Crippen MR) is 183 cm³/mol. The van der Waals surface area contributed by atoms with Crippen LogP contribution in [0.1, 0.15) is 58.2 Å². The van der Waals surface area contributed by atoms with Gasteiger partial charge in [-0.15, -0.1) is 0 Å². The minimum Gasteiger partial charge on any atom is -0.456 e. The second-order valence-corrected chi connectivity index (χ2v) is 14.0. The molecule has 1 atom stereocenters. The summed E-state index contributed by atoms with van der Waals surface area (Å²) in [5, 5.41) is 2.96. The summed E-state index contributed by atoms with van der Waals surface area (Å²) < 4.78 is 34.6. The van der Waals surface area contributed by atoms with Crippen LogP contribution in [0.25, 0.3) is 21.5 Å². The first kappa shape index (κ1) is 33.9. The highest BCUT2D eigenvalue weighted by Gasteiger charge is 2.44. The number of carbonyl (C=O) groups is 6. The van der Waals surface area contributed by atoms with Crippen molar-refractivity contribution < 1.29 is 46.7 Å². The van der Waals surface area contributed by atoms with Crippen molar-refractivity contribution >= 4 is 66.7 Å². The number of hydrogen-bond donors (Lipinski definition) is 0. The summed E-state index contributed by atoms with van der Waals surface area (Å²) in [4.78, 5) is 80.0. The van der Waals surface area contributed by atoms with Gasteiger partial charge in [0.15, 0.2) is 13.2 Å². The molecule has 0 N–H and O–H groups in total. The van der Waals surface area contributed by atoms with Crippen molar-refractivity contribution in [3.8, 4) is 0 Å². The fourth-order valence-electron chi connectivity index (χ4n) is 5.89. The first-order valence-electron chi connectivity index (χ1n) is 15.5. The smallest absolute Gasteiger partial charge is 0.338 e. The van der Waals surface area contributed by atoms with Crippen molar-refractivity contribution in [2.75, 3.05) is 25.2 Å². The standard InChI is InChI=1S/C38H29NO10S/c1-50(46,47)19-18-32(38(45)49-22-34(41)29-15-7-11-24-9-3-5-13-27(24)29)39-35(42)30-17-16-25(20-31(30)36(39)43)37(44)48-21-33(40)28-14-6-10-23-8-2-4-12-26(23)28/h2-17,20,32H,18-19,21-22H2,1H3/t32-/m0/s1. The number of hydrogen-bond acceptors (Lipinski definition) is 10. The van der Waals surface area contributed by atoms with Crippen LogP contribution < -0.4 is 0 Å². The summed E-state index contributed by atoms with van der Waals surface area (Å²) in [6.45, 7) is -1.31. The van der Waals surface area contributed by atoms with Crippen LogP contribution in [0.5, 0.6) is 0 Å². The molecule has 12 heteroatoms. The Labute approximate surface area is 286 Å². The molecule has 1 aliphatic rings. The van der Waals surface area contributed by atoms with E-state index in [0.29, 0.717) is 26.8 Å². The van der Waals surface area contributed by atoms with Crippen LogP contribution in [0, 0.1) is 0 Å². The third-order valence-corrected chi connectivity index (χ3v) is 9.34. The Morgan fingerprint density at radius 1 is 0.660 bits per heavy atom. The highest BCUT2D eigenvalue weighted by Crippen LogP contribution is 2.28. The van der Waals surface area contributed by atoms with Crippen molar-refractivity contribution in [2.24, 2.45) is 0 Å². The predicted octanol–water partition coefficient (Wildman–Crippen LogP) is 4.86. The number of esters is 2. The highest BCUT2D eigenvalue weighted by atomic mass is 32.2. The second kappa shape index (κ2) is 13.8. The van der Waals surface area contributed by atoms with Crippen LogP contribution in [0.2, 0.25) is 0 Å². The molecule has 0 bridgehead atoms. The normalized spacial score (nSPS) is 13.3. The number of imide groups is 1. The van der Waals surface area contributed by atoms with Crippen molar-refractivity contribution in [3.05, 3.63) is 131 Å². The number of rotatable bonds is 12. The van der Waals surface area contributed by atoms with Crippen LogP contribution in [0.15, 0.2) is 103 Å². The summed E-state index contributed by atoms with van der Waals surface area (Å²) in [6.07, 6.45) is 0.446. The molecule has 5 aromatic carbocycles. The highest BCUT2D eigenvalue weighted by molar-refractivity contribution is 7.90. The molecule has 5 aromatic rings. The molecule has 0 aliphatic carbocycles. The summed E-state index contributed by atoms with van der Waals surface area (Å²) in [5.74, 6) is -5.52. The SMILES string of the molecule is CS(=O)(=O)CC[C@@H](C(=O)OCC(=O)c1cccc2ccccc12)N1C(=O)c2ccc(C(=O)OCC(=O)c3cccc4ccccc34)cc2C1=O. The van der Waals surface area contributed by atoms with Gasteiger partial charge in [0.1, 0.15) is 15.9 Å². The average Bonchev–Trinajstić information content (AvgIpc) is 3.36. The largest absolute Gasteiger partial charge is 0.456 e. The van der Waals surface area contributed by atoms with E-state index in [2.05, 4.69) is 0 Å². The lowest BCUT2D eigenvalue weighted by Crippen LogP contribution is -2.46. The number of sulfone groups is 1. The maximum Gasteiger partial charge on any atom is 0.338 e. The molecule has 2 amide bonds. The minimum atomic E-state index is -3.66. The summed E-state index contributed by atoms with van der Waals surface area (Å²) in [5.41, 5.74) is 0.166. The van der Waals surface area contributed by atoms with Gasteiger partial charge in [-0.2, -0.15) is 0 Å². The maximum atomic E-state index is 13.6. The van der Waals surface area contributed by atoms with Crippen LogP contribution >= 0.6 is 0 Å². The topological polar surface area (TPSA) is 158 Å². The molecular formula is C38H29NO10S. The molecule has 1 aliphatic heterocycles. The number of ketones is 2. The average molecular weight is 692 g/mol. The van der Waals surface area contributed by atoms with Gasteiger partial charge < -0.3 is 9.47 Å². The lowest BCUT2D eigenvalue weighted by Gasteiger charge is -2.24. The fourth-order valence-corrected chi connectivity index (χ4v) is 6.54. The first-order chi connectivity index (χ1) is 23.9. The zero-order chi connectivity index (χ0) is 35.6. The number of carbonyl (C=O) groups excluding carboxylic acids is 6. The van der Waals surface area contributed by atoms with Crippen LogP contribution in [0.3, 0.4) is 0 Å². The van der Waals surface area contributed by atoms with Gasteiger partial charge in [-0.05, 0) is 46.2 Å². The first-order valence-corrected chi connectivity index (χ1v) is 17.5. The van der Waals surface area contributed by atoms with Gasteiger partial charge in [0.25, 0.3) is 11.8 Å². The third kappa shape index (κ3) is 6.92. The van der Waals surface area contributed by atoms with Crippen LogP contribution in [-0.2, 0) is 24.1 Å². The van der Waals surface area contributed by atoms with E-state index in [0.717, 1.165) is 23.1 Å². The Hall–Kier alpha value is -6.01. The van der Waals surface area contributed by atoms with E-state index in [-0.39, 0.29) is 16.7 Å². The summed E-state index contributed by atoms with van der Waals surface area (Å²) >= 11 is 0. The molecule has 0 radical (unpaired) electrons. The molecule has 6 rings (SSSR count). The van der Waals surface area contributed by atoms with Crippen molar-refractivity contribution in [1.29, 1.82) is 0 Å². The van der Waals surface area contributed by atoms with Crippen molar-refractivity contribution in [2.45, 2.75) is 12.5 Å². The second-order valence-electron chi connectivity index (χ2n) is 11.8. The van der Waals surface area contributed by atoms with Gasteiger partial charge in [-0.1, -0.05) is 84.9 Å². The lowest BCUT2D eigenvalue weighted by molar-refractivity contribution is -0.147. The summed E-state index contributed by atoms with van der Waals surface area (Å²) in [6, 6.07) is 26.5. The molecule has 50 heavy (non-hydrogen) atoms. The van der Waals surface area contributed by atoms with Gasteiger partial charge in [-0.25, -0.2) is 18.0 Å². The van der Waals surface area contributed by atoms with E-state index in [1.54, 1.807) is 48.5 Å². The zero-order valence-electron chi connectivity index (χ0n) is 26.7. The van der Waals surface area contributed by atoms with Gasteiger partial charge >= 0.3 is 11.9 Å². The summed E-state index contributed by atoms with van der Waals surface area (Å²) in [7, 11) is -3.66. The minimum absolute atomic E-state index is 0.131. The number of benzene rings is 5. The van der Waals surface area contributed by atoms with Gasteiger partial charge in [0.05, 0.1) is 22.4 Å².